The van der Waals surface area contributed by atoms with E-state index >= 15 is 0 Å². The normalized spacial score (nSPS) is 43.6. The number of aliphatic hydroxyl groups is 6. The molecule has 20 N–H and O–H groups in total. The van der Waals surface area contributed by atoms with Crippen LogP contribution in [0.15, 0.2) is 0 Å². The second-order valence-corrected chi connectivity index (χ2v) is 15.2. The Balaban J connectivity index is 1.30. The summed E-state index contributed by atoms with van der Waals surface area (Å²) in [7, 11) is 0. The van der Waals surface area contributed by atoms with Gasteiger partial charge in [0.25, 0.3) is 0 Å². The lowest BCUT2D eigenvalue weighted by atomic mass is 9.83. The van der Waals surface area contributed by atoms with E-state index in [2.05, 4.69) is 16.0 Å². The fourth-order valence-corrected chi connectivity index (χ4v) is 7.73. The van der Waals surface area contributed by atoms with Crippen molar-refractivity contribution >= 4 is 6.03 Å². The second kappa shape index (κ2) is 20.0. The van der Waals surface area contributed by atoms with Crippen LogP contribution in [0, 0.1) is 0 Å². The minimum Gasteiger partial charge on any atom is -0.394 e. The predicted octanol–water partition coefficient (Wildman–Crippen LogP) is -7.69. The van der Waals surface area contributed by atoms with Crippen LogP contribution in [0.3, 0.4) is 0 Å². The third-order valence-electron chi connectivity index (χ3n) is 11.1. The topological polar surface area (TPSA) is 383 Å². The molecular weight excluding hydrogens is 734 g/mol. The number of urea groups is 1. The largest absolute Gasteiger partial charge is 0.394 e. The van der Waals surface area contributed by atoms with Gasteiger partial charge in [-0.25, -0.2) is 9.86 Å². The standard InChI is InChI=1S/C32H63N9O14/c33-5-8-41(49)31(47)40-17-9-16(36)25(53-28-15(35)2-1-14(50-28)11-39-13-32(48)3-6-38-7-4-32)27(21(17)43)55-30-24(46)26(19(12-42)52-30)54-29-20(37)23(45)22(44)18(10-34)51-29/h14-30,38-39,42-46,48-49H,1-13,33-37H2,(H,40,47)/t14-,15+,16-,17+,18-,19+,20+,21-,22+,23+,24+,25+,26+,27+,28+,29+,30-/m0/s1. The fourth-order valence-electron chi connectivity index (χ4n) is 7.73. The molecule has 23 heteroatoms. The quantitative estimate of drug-likeness (QED) is 0.0540. The number of nitrogens with two attached hydrogens (primary N) is 5. The van der Waals surface area contributed by atoms with E-state index in [1.165, 1.54) is 0 Å². The SMILES string of the molecule is NCCN(O)C(=O)N[C@@H]1C[C@H](N)[C@@H](O[C@H]2O[C@H](CNCC3(O)CCNCC3)CC[C@H]2N)[C@H](O[C@@H]2O[C@H](CO)[C@@H](O[C@H]3O[C@@H](CN)[C@@H](O)[C@H](O)[C@H]3N)[C@H]2O)[C@H]1O. The van der Waals surface area contributed by atoms with Gasteiger partial charge in [0, 0.05) is 32.2 Å². The minimum absolute atomic E-state index is 0.0375. The molecule has 0 spiro atoms. The minimum atomic E-state index is -1.66. The summed E-state index contributed by atoms with van der Waals surface area (Å²) in [4.78, 5) is 12.7. The molecule has 55 heavy (non-hydrogen) atoms. The van der Waals surface area contributed by atoms with Crippen molar-refractivity contribution in [2.45, 2.75) is 142 Å². The first-order chi connectivity index (χ1) is 26.2. The Labute approximate surface area is 318 Å². The van der Waals surface area contributed by atoms with Crippen molar-refractivity contribution in [2.24, 2.45) is 28.7 Å². The Morgan fingerprint density at radius 1 is 0.836 bits per heavy atom. The summed E-state index contributed by atoms with van der Waals surface area (Å²) >= 11 is 0. The van der Waals surface area contributed by atoms with Crippen LogP contribution in [0.1, 0.15) is 32.1 Å². The third kappa shape index (κ3) is 10.8. The van der Waals surface area contributed by atoms with Crippen LogP contribution in [-0.2, 0) is 28.4 Å². The Morgan fingerprint density at radius 2 is 1.51 bits per heavy atom. The van der Waals surface area contributed by atoms with E-state index in [1.54, 1.807) is 0 Å². The molecule has 5 rings (SSSR count). The number of nitrogens with zero attached hydrogens (tertiary/aromatic N) is 1. The molecule has 4 saturated heterocycles. The maximum atomic E-state index is 12.7. The Bertz CT molecular complexity index is 1200. The highest BCUT2D eigenvalue weighted by Gasteiger charge is 2.54. The van der Waals surface area contributed by atoms with Crippen molar-refractivity contribution in [3.05, 3.63) is 0 Å². The summed E-state index contributed by atoms with van der Waals surface area (Å²) in [6.07, 6.45) is -14.5. The van der Waals surface area contributed by atoms with Gasteiger partial charge < -0.3 is 104 Å². The van der Waals surface area contributed by atoms with Crippen LogP contribution < -0.4 is 44.6 Å². The molecule has 320 valence electrons. The Morgan fingerprint density at radius 3 is 2.18 bits per heavy atom. The zero-order chi connectivity index (χ0) is 40.0. The average Bonchev–Trinajstić information content (AvgIpc) is 3.46. The van der Waals surface area contributed by atoms with E-state index in [0.29, 0.717) is 43.8 Å². The van der Waals surface area contributed by atoms with Gasteiger partial charge in [-0.05, 0) is 45.2 Å². The van der Waals surface area contributed by atoms with Crippen molar-refractivity contribution < 1.29 is 69.1 Å². The molecule has 5 fully saturated rings. The van der Waals surface area contributed by atoms with Crippen LogP contribution in [0.25, 0.3) is 0 Å². The molecule has 17 atom stereocenters. The van der Waals surface area contributed by atoms with E-state index in [0.717, 1.165) is 13.1 Å². The first-order valence-corrected chi connectivity index (χ1v) is 19.0. The molecule has 4 heterocycles. The third-order valence-corrected chi connectivity index (χ3v) is 11.1. The highest BCUT2D eigenvalue weighted by Crippen LogP contribution is 2.34. The summed E-state index contributed by atoms with van der Waals surface area (Å²) in [6.45, 7) is 1.13. The predicted molar refractivity (Wildman–Crippen MR) is 188 cm³/mol. The molecule has 0 aromatic heterocycles. The lowest BCUT2D eigenvalue weighted by molar-refractivity contribution is -0.289. The van der Waals surface area contributed by atoms with Crippen LogP contribution >= 0.6 is 0 Å². The number of hydrogen-bond acceptors (Lipinski definition) is 21. The number of piperidine rings is 1. The number of aliphatic hydroxyl groups excluding tert-OH is 5. The summed E-state index contributed by atoms with van der Waals surface area (Å²) in [5, 5.41) is 84.4. The van der Waals surface area contributed by atoms with Gasteiger partial charge in [0.15, 0.2) is 18.9 Å². The number of hydrogen-bond donors (Lipinski definition) is 15. The zero-order valence-electron chi connectivity index (χ0n) is 30.8. The van der Waals surface area contributed by atoms with Gasteiger partial charge in [-0.3, -0.25) is 5.21 Å². The van der Waals surface area contributed by atoms with Crippen molar-refractivity contribution in [3.8, 4) is 0 Å². The van der Waals surface area contributed by atoms with Crippen LogP contribution in [0.2, 0.25) is 0 Å². The molecule has 0 aromatic carbocycles. The molecule has 23 nitrogen and oxygen atoms in total. The summed E-state index contributed by atoms with van der Waals surface area (Å²) in [5.41, 5.74) is 29.4. The highest BCUT2D eigenvalue weighted by atomic mass is 16.8. The van der Waals surface area contributed by atoms with Gasteiger partial charge >= 0.3 is 6.03 Å². The molecular formula is C32H63N9O14. The maximum absolute atomic E-state index is 12.7. The first kappa shape index (κ1) is 44.6. The molecule has 4 aliphatic heterocycles. The summed E-state index contributed by atoms with van der Waals surface area (Å²) < 4.78 is 36.2. The lowest BCUT2D eigenvalue weighted by Crippen LogP contribution is -2.67. The number of amides is 2. The van der Waals surface area contributed by atoms with Crippen molar-refractivity contribution in [1.82, 2.24) is 21.0 Å². The summed E-state index contributed by atoms with van der Waals surface area (Å²) in [6, 6.07) is -4.89. The van der Waals surface area contributed by atoms with E-state index in [1.807, 2.05) is 0 Å². The monoisotopic (exact) mass is 797 g/mol. The zero-order valence-corrected chi connectivity index (χ0v) is 30.8. The van der Waals surface area contributed by atoms with Crippen LogP contribution in [-0.4, -0.2) is 209 Å². The first-order valence-electron chi connectivity index (χ1n) is 19.0. The second-order valence-electron chi connectivity index (χ2n) is 15.2. The molecule has 1 aliphatic carbocycles. The van der Waals surface area contributed by atoms with Crippen molar-refractivity contribution in [1.29, 1.82) is 0 Å². The number of hydroxylamine groups is 2. The van der Waals surface area contributed by atoms with E-state index < -0.39 is 116 Å². The molecule has 1 saturated carbocycles. The molecule has 0 unspecified atom stereocenters. The van der Waals surface area contributed by atoms with Crippen molar-refractivity contribution in [2.75, 3.05) is 52.4 Å². The van der Waals surface area contributed by atoms with E-state index in [4.69, 9.17) is 57.1 Å². The number of nitrogens with one attached hydrogen (secondary N) is 3. The van der Waals surface area contributed by atoms with Gasteiger partial charge in [-0.15, -0.1) is 0 Å². The molecule has 0 radical (unpaired) electrons. The van der Waals surface area contributed by atoms with E-state index in [-0.39, 0.29) is 32.2 Å². The molecule has 0 aromatic rings. The van der Waals surface area contributed by atoms with Gasteiger partial charge in [0.2, 0.25) is 0 Å². The van der Waals surface area contributed by atoms with Crippen LogP contribution in [0.4, 0.5) is 4.79 Å². The molecule has 2 amide bonds. The molecule has 0 bridgehead atoms. The maximum Gasteiger partial charge on any atom is 0.341 e. The van der Waals surface area contributed by atoms with Crippen LogP contribution in [0.5, 0.6) is 0 Å². The van der Waals surface area contributed by atoms with Gasteiger partial charge in [-0.2, -0.15) is 0 Å². The van der Waals surface area contributed by atoms with Gasteiger partial charge in [0.05, 0.1) is 43.0 Å². The average molecular weight is 798 g/mol. The number of carbonyl (C=O) groups excluding carboxylic acids is 1. The lowest BCUT2D eigenvalue weighted by Gasteiger charge is -2.46. The Hall–Kier alpha value is -1.53. The van der Waals surface area contributed by atoms with Crippen molar-refractivity contribution in [3.63, 3.8) is 0 Å². The number of carbonyl (C=O) groups is 1. The van der Waals surface area contributed by atoms with Gasteiger partial charge in [-0.1, -0.05) is 0 Å². The fraction of sp³-hybridized carbons (Fsp3) is 0.969. The molecule has 5 aliphatic rings. The van der Waals surface area contributed by atoms with E-state index in [9.17, 15) is 40.6 Å². The smallest absolute Gasteiger partial charge is 0.341 e. The number of ether oxygens (including phenoxy) is 6. The summed E-state index contributed by atoms with van der Waals surface area (Å²) in [5.74, 6) is 0. The Kier molecular flexibility index (Phi) is 16.2. The number of rotatable bonds is 15. The highest BCUT2D eigenvalue weighted by molar-refractivity contribution is 5.73. The van der Waals surface area contributed by atoms with Gasteiger partial charge in [0.1, 0.15) is 54.9 Å².